The second-order valence-electron chi connectivity index (χ2n) is 11.5. The lowest BCUT2D eigenvalue weighted by molar-refractivity contribution is 0.0600. The molecule has 0 saturated carbocycles. The Hall–Kier alpha value is -3.88. The molecule has 0 bridgehead atoms. The predicted octanol–water partition coefficient (Wildman–Crippen LogP) is 7.34. The lowest BCUT2D eigenvalue weighted by Crippen LogP contribution is -2.33. The Bertz CT molecular complexity index is 1660. The van der Waals surface area contributed by atoms with E-state index in [2.05, 4.69) is 58.7 Å². The molecule has 2 atom stereocenters. The van der Waals surface area contributed by atoms with E-state index in [-0.39, 0.29) is 18.1 Å². The molecule has 2 aliphatic rings. The molecule has 0 unspecified atom stereocenters. The van der Waals surface area contributed by atoms with E-state index >= 15 is 0 Å². The number of halogens is 1. The SMILES string of the molecule is COC(=O)c1ccccc1-n1c(C)cc([C@H]2[C@@H](c3ccccn3)NC(=S)N2c2ccc(N3CCC(C)CC3)c(Cl)c2)c1C. The Kier molecular flexibility index (Phi) is 8.16. The number of rotatable bonds is 6. The van der Waals surface area contributed by atoms with E-state index in [1.54, 1.807) is 12.3 Å². The lowest BCUT2D eigenvalue weighted by atomic mass is 9.96. The van der Waals surface area contributed by atoms with Crippen LogP contribution in [0.15, 0.2) is 72.9 Å². The van der Waals surface area contributed by atoms with Crippen LogP contribution in [0.1, 0.15) is 64.9 Å². The van der Waals surface area contributed by atoms with Crippen LogP contribution in [-0.2, 0) is 4.74 Å². The van der Waals surface area contributed by atoms with Crippen molar-refractivity contribution in [1.29, 1.82) is 0 Å². The molecule has 2 fully saturated rings. The number of nitrogens with one attached hydrogen (secondary N) is 1. The normalized spacial score (nSPS) is 19.0. The second kappa shape index (κ2) is 12.0. The van der Waals surface area contributed by atoms with Crippen molar-refractivity contribution in [3.05, 3.63) is 106 Å². The molecular formula is C34H36ClN5O2S. The second-order valence-corrected chi connectivity index (χ2v) is 12.3. The molecule has 4 heterocycles. The fourth-order valence-electron chi connectivity index (χ4n) is 6.51. The van der Waals surface area contributed by atoms with Gasteiger partial charge in [0.2, 0.25) is 0 Å². The number of hydrogen-bond acceptors (Lipinski definition) is 5. The molecule has 1 N–H and O–H groups in total. The van der Waals surface area contributed by atoms with Gasteiger partial charge in [0.05, 0.1) is 46.8 Å². The summed E-state index contributed by atoms with van der Waals surface area (Å²) in [5, 5.41) is 4.88. The Morgan fingerprint density at radius 3 is 2.47 bits per heavy atom. The molecule has 0 aliphatic carbocycles. The number of carbonyl (C=O) groups excluding carboxylic acids is 1. The molecule has 2 aliphatic heterocycles. The van der Waals surface area contributed by atoms with Gasteiger partial charge in [-0.2, -0.15) is 0 Å². The molecule has 7 nitrogen and oxygen atoms in total. The minimum Gasteiger partial charge on any atom is -0.465 e. The monoisotopic (exact) mass is 613 g/mol. The summed E-state index contributed by atoms with van der Waals surface area (Å²) in [5.41, 5.74) is 7.22. The third-order valence-corrected chi connectivity index (χ3v) is 9.39. The zero-order valence-corrected chi connectivity index (χ0v) is 26.5. The quantitative estimate of drug-likeness (QED) is 0.180. The summed E-state index contributed by atoms with van der Waals surface area (Å²) in [4.78, 5) is 22.0. The van der Waals surface area contributed by atoms with Crippen LogP contribution in [0.4, 0.5) is 11.4 Å². The Labute approximate surface area is 263 Å². The number of aryl methyl sites for hydroxylation is 1. The van der Waals surface area contributed by atoms with Gasteiger partial charge in [0.1, 0.15) is 0 Å². The molecule has 0 spiro atoms. The van der Waals surface area contributed by atoms with E-state index in [1.807, 2.05) is 42.5 Å². The zero-order chi connectivity index (χ0) is 30.2. The topological polar surface area (TPSA) is 62.6 Å². The maximum Gasteiger partial charge on any atom is 0.339 e. The average Bonchev–Trinajstić information content (AvgIpc) is 3.52. The van der Waals surface area contributed by atoms with Gasteiger partial charge in [-0.3, -0.25) is 4.98 Å². The zero-order valence-electron chi connectivity index (χ0n) is 24.9. The van der Waals surface area contributed by atoms with E-state index < -0.39 is 0 Å². The highest BCUT2D eigenvalue weighted by Crippen LogP contribution is 2.45. The number of piperidine rings is 1. The van der Waals surface area contributed by atoms with Crippen molar-refractivity contribution in [3.8, 4) is 5.69 Å². The lowest BCUT2D eigenvalue weighted by Gasteiger charge is -2.33. The summed E-state index contributed by atoms with van der Waals surface area (Å²) >= 11 is 13.0. The first-order chi connectivity index (χ1) is 20.8. The Balaban J connectivity index is 1.46. The van der Waals surface area contributed by atoms with Crippen LogP contribution in [0.5, 0.6) is 0 Å². The van der Waals surface area contributed by atoms with Gasteiger partial charge in [-0.25, -0.2) is 4.79 Å². The summed E-state index contributed by atoms with van der Waals surface area (Å²) in [7, 11) is 1.41. The summed E-state index contributed by atoms with van der Waals surface area (Å²) in [6.07, 6.45) is 4.14. The highest BCUT2D eigenvalue weighted by Gasteiger charge is 2.42. The van der Waals surface area contributed by atoms with Crippen LogP contribution in [0.3, 0.4) is 0 Å². The number of anilines is 2. The summed E-state index contributed by atoms with van der Waals surface area (Å²) in [6.45, 7) is 8.46. The van der Waals surface area contributed by atoms with Crippen LogP contribution >= 0.6 is 23.8 Å². The number of aromatic nitrogens is 2. The Morgan fingerprint density at radius 2 is 1.77 bits per heavy atom. The number of esters is 1. The van der Waals surface area contributed by atoms with Gasteiger partial charge in [-0.15, -0.1) is 0 Å². The van der Waals surface area contributed by atoms with Crippen LogP contribution < -0.4 is 15.1 Å². The molecule has 2 aromatic carbocycles. The summed E-state index contributed by atoms with van der Waals surface area (Å²) in [6, 6.07) is 21.5. The fourth-order valence-corrected chi connectivity index (χ4v) is 7.15. The van der Waals surface area contributed by atoms with Gasteiger partial charge < -0.3 is 24.4 Å². The average molecular weight is 614 g/mol. The fraction of sp³-hybridized carbons (Fsp3) is 0.324. The van der Waals surface area contributed by atoms with Crippen molar-refractivity contribution >= 4 is 46.3 Å². The van der Waals surface area contributed by atoms with E-state index in [1.165, 1.54) is 20.0 Å². The van der Waals surface area contributed by atoms with Gasteiger partial charge in [0.25, 0.3) is 0 Å². The number of benzene rings is 2. The number of para-hydroxylation sites is 1. The molecule has 0 radical (unpaired) electrons. The van der Waals surface area contributed by atoms with E-state index in [9.17, 15) is 4.79 Å². The predicted molar refractivity (Wildman–Crippen MR) is 177 cm³/mol. The molecule has 6 rings (SSSR count). The van der Waals surface area contributed by atoms with Crippen molar-refractivity contribution in [3.63, 3.8) is 0 Å². The minimum atomic E-state index is -0.376. The maximum atomic E-state index is 12.7. The number of nitrogens with zero attached hydrogens (tertiary/aromatic N) is 4. The number of ether oxygens (including phenoxy) is 1. The van der Waals surface area contributed by atoms with Crippen LogP contribution in [-0.4, -0.2) is 40.8 Å². The van der Waals surface area contributed by atoms with Gasteiger partial charge in [0, 0.05) is 36.4 Å². The van der Waals surface area contributed by atoms with Crippen LogP contribution in [0, 0.1) is 19.8 Å². The smallest absolute Gasteiger partial charge is 0.339 e. The van der Waals surface area contributed by atoms with Gasteiger partial charge >= 0.3 is 5.97 Å². The first-order valence-corrected chi connectivity index (χ1v) is 15.5. The molecule has 9 heteroatoms. The highest BCUT2D eigenvalue weighted by atomic mass is 35.5. The number of hydrogen-bond donors (Lipinski definition) is 1. The van der Waals surface area contributed by atoms with E-state index in [0.717, 1.165) is 58.7 Å². The van der Waals surface area contributed by atoms with Crippen molar-refractivity contribution in [2.75, 3.05) is 30.0 Å². The van der Waals surface area contributed by atoms with Crippen LogP contribution in [0.25, 0.3) is 5.69 Å². The number of carbonyl (C=O) groups is 1. The van der Waals surface area contributed by atoms with Crippen molar-refractivity contribution in [1.82, 2.24) is 14.9 Å². The molecular weight excluding hydrogens is 578 g/mol. The standard InChI is InChI=1S/C34H36ClN5O2S/c1-21-14-17-38(18-15-21)30-13-12-24(20-27(30)35)40-32(31(37-34(40)43)28-10-7-8-16-36-28)26-19-22(2)39(23(26)3)29-11-6-5-9-25(29)33(41)42-4/h5-13,16,19-21,31-32H,14-15,17-18H2,1-4H3,(H,37,43)/t31-,32+/m1/s1. The number of thiocarbonyl (C=S) groups is 1. The molecule has 43 heavy (non-hydrogen) atoms. The van der Waals surface area contributed by atoms with Crippen molar-refractivity contribution < 1.29 is 9.53 Å². The molecule has 2 saturated heterocycles. The van der Waals surface area contributed by atoms with Gasteiger partial charge in [0.15, 0.2) is 5.11 Å². The first kappa shape index (κ1) is 29.2. The van der Waals surface area contributed by atoms with Gasteiger partial charge in [-0.1, -0.05) is 36.7 Å². The number of methoxy groups -OCH3 is 1. The number of pyridine rings is 1. The maximum absolute atomic E-state index is 12.7. The molecule has 4 aromatic rings. The molecule has 0 amide bonds. The first-order valence-electron chi connectivity index (χ1n) is 14.7. The van der Waals surface area contributed by atoms with Crippen molar-refractivity contribution in [2.45, 2.75) is 45.7 Å². The summed E-state index contributed by atoms with van der Waals surface area (Å²) < 4.78 is 7.22. The van der Waals surface area contributed by atoms with Crippen LogP contribution in [0.2, 0.25) is 5.02 Å². The van der Waals surface area contributed by atoms with E-state index in [4.69, 9.17) is 33.5 Å². The molecule has 222 valence electrons. The Morgan fingerprint density at radius 1 is 1.02 bits per heavy atom. The summed E-state index contributed by atoms with van der Waals surface area (Å²) in [5.74, 6) is 0.365. The van der Waals surface area contributed by atoms with Gasteiger partial charge in [-0.05, 0) is 98.9 Å². The van der Waals surface area contributed by atoms with E-state index in [0.29, 0.717) is 15.7 Å². The minimum absolute atomic E-state index is 0.208. The molecule has 2 aromatic heterocycles. The van der Waals surface area contributed by atoms with Crippen molar-refractivity contribution in [2.24, 2.45) is 5.92 Å². The third-order valence-electron chi connectivity index (χ3n) is 8.77. The largest absolute Gasteiger partial charge is 0.465 e. The third kappa shape index (κ3) is 5.38. The highest BCUT2D eigenvalue weighted by molar-refractivity contribution is 7.80.